The molecule has 0 saturated carbocycles. The Morgan fingerprint density at radius 2 is 1.33 bits per heavy atom. The lowest BCUT2D eigenvalue weighted by Gasteiger charge is -2.13. The van der Waals surface area contributed by atoms with Crippen molar-refractivity contribution in [2.75, 3.05) is 20.0 Å². The largest absolute Gasteiger partial charge is 0.465 e. The normalized spacial score (nSPS) is 10.2. The number of halogens is 2. The summed E-state index contributed by atoms with van der Waals surface area (Å²) >= 11 is 6.72. The first-order chi connectivity index (χ1) is 11.3. The van der Waals surface area contributed by atoms with Crippen molar-refractivity contribution in [3.8, 4) is 11.5 Å². The molecule has 8 heteroatoms. The molecule has 0 spiro atoms. The molecule has 0 aliphatic rings. The summed E-state index contributed by atoms with van der Waals surface area (Å²) in [5.74, 6) is -0.478. The van der Waals surface area contributed by atoms with Gasteiger partial charge in [-0.2, -0.15) is 0 Å². The van der Waals surface area contributed by atoms with Crippen molar-refractivity contribution in [1.29, 1.82) is 0 Å². The molecule has 0 aromatic heterocycles. The Morgan fingerprint density at radius 1 is 0.875 bits per heavy atom. The quantitative estimate of drug-likeness (QED) is 0.546. The van der Waals surface area contributed by atoms with Crippen LogP contribution in [0.5, 0.6) is 11.5 Å². The Hall–Kier alpha value is -2.06. The van der Waals surface area contributed by atoms with Crippen LogP contribution >= 0.6 is 31.9 Å². The zero-order valence-electron chi connectivity index (χ0n) is 12.8. The first-order valence-electron chi connectivity index (χ1n) is 6.59. The molecule has 0 heterocycles. The van der Waals surface area contributed by atoms with E-state index in [9.17, 15) is 9.59 Å². The van der Waals surface area contributed by atoms with Gasteiger partial charge in [-0.3, -0.25) is 0 Å². The zero-order valence-corrected chi connectivity index (χ0v) is 15.9. The highest BCUT2D eigenvalue weighted by Gasteiger charge is 2.16. The molecular weight excluding hydrogens is 446 g/mol. The molecule has 0 atom stereocenters. The minimum absolute atomic E-state index is 0.165. The lowest BCUT2D eigenvalue weighted by molar-refractivity contribution is 0.0598. The highest BCUT2D eigenvalue weighted by molar-refractivity contribution is 9.11. The van der Waals surface area contributed by atoms with Gasteiger partial charge in [-0.05, 0) is 62.2 Å². The van der Waals surface area contributed by atoms with Crippen LogP contribution in [0.4, 0.5) is 5.69 Å². The smallest absolute Gasteiger partial charge is 0.338 e. The number of nitrogen functional groups attached to an aromatic ring is 1. The van der Waals surface area contributed by atoms with Crippen molar-refractivity contribution in [2.24, 2.45) is 0 Å². The summed E-state index contributed by atoms with van der Waals surface area (Å²) in [6.07, 6.45) is 0. The van der Waals surface area contributed by atoms with Gasteiger partial charge in [0.2, 0.25) is 0 Å². The van der Waals surface area contributed by atoms with Gasteiger partial charge in [-0.25, -0.2) is 9.59 Å². The average molecular weight is 459 g/mol. The summed E-state index contributed by atoms with van der Waals surface area (Å²) in [5, 5.41) is 0. The van der Waals surface area contributed by atoms with E-state index in [1.807, 2.05) is 0 Å². The second-order valence-corrected chi connectivity index (χ2v) is 6.35. The van der Waals surface area contributed by atoms with E-state index in [1.54, 1.807) is 12.1 Å². The van der Waals surface area contributed by atoms with Crippen LogP contribution < -0.4 is 10.5 Å². The molecule has 0 saturated heterocycles. The number of hydrogen-bond donors (Lipinski definition) is 1. The molecule has 2 N–H and O–H groups in total. The number of ether oxygens (including phenoxy) is 3. The first kappa shape index (κ1) is 18.3. The molecule has 0 amide bonds. The molecule has 0 unspecified atom stereocenters. The molecule has 6 nitrogen and oxygen atoms in total. The van der Waals surface area contributed by atoms with Gasteiger partial charge in [-0.1, -0.05) is 0 Å². The second kappa shape index (κ2) is 7.67. The SMILES string of the molecule is COC(=O)c1cc(Oc2c(Br)cc(N)cc2Br)cc(C(=O)OC)c1. The van der Waals surface area contributed by atoms with Crippen LogP contribution in [-0.2, 0) is 9.47 Å². The van der Waals surface area contributed by atoms with Crippen molar-refractivity contribution in [3.05, 3.63) is 50.4 Å². The number of carbonyl (C=O) groups is 2. The fourth-order valence-electron chi connectivity index (χ4n) is 1.92. The van der Waals surface area contributed by atoms with Gasteiger partial charge in [0, 0.05) is 5.69 Å². The topological polar surface area (TPSA) is 87.9 Å². The molecule has 0 fully saturated rings. The number of rotatable bonds is 4. The van der Waals surface area contributed by atoms with Gasteiger partial charge in [0.15, 0.2) is 5.75 Å². The number of benzene rings is 2. The predicted molar refractivity (Wildman–Crippen MR) is 95.4 cm³/mol. The highest BCUT2D eigenvalue weighted by Crippen LogP contribution is 2.39. The lowest BCUT2D eigenvalue weighted by atomic mass is 10.1. The third kappa shape index (κ3) is 4.07. The van der Waals surface area contributed by atoms with Crippen molar-refractivity contribution < 1.29 is 23.8 Å². The maximum atomic E-state index is 11.8. The van der Waals surface area contributed by atoms with Crippen LogP contribution in [0.1, 0.15) is 20.7 Å². The van der Waals surface area contributed by atoms with E-state index in [-0.39, 0.29) is 16.9 Å². The van der Waals surface area contributed by atoms with Crippen LogP contribution in [-0.4, -0.2) is 26.2 Å². The van der Waals surface area contributed by atoms with Crippen molar-refractivity contribution in [3.63, 3.8) is 0 Å². The summed E-state index contributed by atoms with van der Waals surface area (Å²) in [7, 11) is 2.50. The van der Waals surface area contributed by atoms with Crippen LogP contribution in [0.2, 0.25) is 0 Å². The summed E-state index contributed by atoms with van der Waals surface area (Å²) < 4.78 is 16.4. The van der Waals surface area contributed by atoms with Crippen molar-refractivity contribution in [2.45, 2.75) is 0 Å². The van der Waals surface area contributed by atoms with Gasteiger partial charge in [0.1, 0.15) is 5.75 Å². The Morgan fingerprint density at radius 3 is 1.75 bits per heavy atom. The van der Waals surface area contributed by atoms with Crippen LogP contribution in [0, 0.1) is 0 Å². The standard InChI is InChI=1S/C16H13Br2NO5/c1-22-15(20)8-3-9(16(21)23-2)5-11(4-8)24-14-12(17)6-10(19)7-13(14)18/h3-7H,19H2,1-2H3. The summed E-state index contributed by atoms with van der Waals surface area (Å²) in [6, 6.07) is 7.65. The van der Waals surface area contributed by atoms with E-state index in [1.165, 1.54) is 32.4 Å². The molecule has 2 aromatic carbocycles. The van der Waals surface area contributed by atoms with Gasteiger partial charge < -0.3 is 19.9 Å². The fourth-order valence-corrected chi connectivity index (χ4v) is 3.31. The second-order valence-electron chi connectivity index (χ2n) is 4.64. The van der Waals surface area contributed by atoms with Crippen LogP contribution in [0.3, 0.4) is 0 Å². The van der Waals surface area contributed by atoms with Crippen molar-refractivity contribution >= 4 is 49.5 Å². The number of carbonyl (C=O) groups excluding carboxylic acids is 2. The highest BCUT2D eigenvalue weighted by atomic mass is 79.9. The van der Waals surface area contributed by atoms with E-state index < -0.39 is 11.9 Å². The molecule has 0 aliphatic carbocycles. The van der Waals surface area contributed by atoms with Crippen LogP contribution in [0.15, 0.2) is 39.3 Å². The lowest BCUT2D eigenvalue weighted by Crippen LogP contribution is -2.07. The Kier molecular flexibility index (Phi) is 5.84. The Balaban J connectivity index is 2.50. The third-order valence-corrected chi connectivity index (χ3v) is 4.17. The maximum absolute atomic E-state index is 11.8. The van der Waals surface area contributed by atoms with E-state index in [4.69, 9.17) is 19.9 Å². The molecule has 2 aromatic rings. The zero-order chi connectivity index (χ0) is 17.9. The predicted octanol–water partition coefficient (Wildman–Crippen LogP) is 4.16. The molecule has 2 rings (SSSR count). The number of hydrogen-bond acceptors (Lipinski definition) is 6. The molecular formula is C16H13Br2NO5. The van der Waals surface area contributed by atoms with E-state index in [0.29, 0.717) is 20.4 Å². The van der Waals surface area contributed by atoms with E-state index in [0.717, 1.165) is 0 Å². The van der Waals surface area contributed by atoms with E-state index in [2.05, 4.69) is 31.9 Å². The molecule has 126 valence electrons. The average Bonchev–Trinajstić information content (AvgIpc) is 2.56. The van der Waals surface area contributed by atoms with Gasteiger partial charge in [-0.15, -0.1) is 0 Å². The molecule has 0 radical (unpaired) electrons. The number of esters is 2. The van der Waals surface area contributed by atoms with Gasteiger partial charge >= 0.3 is 11.9 Å². The van der Waals surface area contributed by atoms with Gasteiger partial charge in [0.25, 0.3) is 0 Å². The van der Waals surface area contributed by atoms with Gasteiger partial charge in [0.05, 0.1) is 34.3 Å². The molecule has 24 heavy (non-hydrogen) atoms. The first-order valence-corrected chi connectivity index (χ1v) is 8.18. The molecule has 0 aliphatic heterocycles. The van der Waals surface area contributed by atoms with Crippen LogP contribution in [0.25, 0.3) is 0 Å². The van der Waals surface area contributed by atoms with Crippen molar-refractivity contribution in [1.82, 2.24) is 0 Å². The monoisotopic (exact) mass is 457 g/mol. The fraction of sp³-hybridized carbons (Fsp3) is 0.125. The Bertz CT molecular complexity index is 750. The summed E-state index contributed by atoms with van der Waals surface area (Å²) in [4.78, 5) is 23.6. The third-order valence-electron chi connectivity index (χ3n) is 2.99. The Labute approximate surface area is 155 Å². The molecule has 0 bridgehead atoms. The van der Waals surface area contributed by atoms with E-state index >= 15 is 0 Å². The number of methoxy groups -OCH3 is 2. The summed E-state index contributed by atoms with van der Waals surface area (Å²) in [6.45, 7) is 0. The number of anilines is 1. The minimum atomic E-state index is -0.596. The summed E-state index contributed by atoms with van der Waals surface area (Å²) in [5.41, 5.74) is 6.62. The maximum Gasteiger partial charge on any atom is 0.338 e. The number of nitrogens with two attached hydrogens (primary N) is 1. The minimum Gasteiger partial charge on any atom is -0.465 e.